The smallest absolute Gasteiger partial charge is 0.258 e. The molecule has 0 unspecified atom stereocenters. The summed E-state index contributed by atoms with van der Waals surface area (Å²) < 4.78 is 20.9. The van der Waals surface area contributed by atoms with Crippen molar-refractivity contribution in [2.24, 2.45) is 5.41 Å². The summed E-state index contributed by atoms with van der Waals surface area (Å²) in [5, 5.41) is 19.4. The Balaban J connectivity index is 1.31. The van der Waals surface area contributed by atoms with E-state index in [1.54, 1.807) is 32.1 Å². The predicted molar refractivity (Wildman–Crippen MR) is 161 cm³/mol. The van der Waals surface area contributed by atoms with Gasteiger partial charge >= 0.3 is 0 Å². The fourth-order valence-electron chi connectivity index (χ4n) is 5.64. The first-order valence-electron chi connectivity index (χ1n) is 15.0. The third-order valence-corrected chi connectivity index (χ3v) is 9.43. The van der Waals surface area contributed by atoms with Gasteiger partial charge in [-0.1, -0.05) is 32.9 Å². The lowest BCUT2D eigenvalue weighted by atomic mass is 9.85. The highest BCUT2D eigenvalue weighted by Gasteiger charge is 2.53. The monoisotopic (exact) mass is 615 g/mol. The maximum atomic E-state index is 14.5. The number of aliphatic hydroxyl groups excluding tert-OH is 1. The zero-order valence-electron chi connectivity index (χ0n) is 25.2. The van der Waals surface area contributed by atoms with Crippen molar-refractivity contribution in [2.45, 2.75) is 96.3 Å². The fraction of sp³-hybridized carbons (Fsp3) is 0.613. The van der Waals surface area contributed by atoms with Gasteiger partial charge in [-0.15, -0.1) is 11.3 Å². The lowest BCUT2D eigenvalue weighted by Crippen LogP contribution is -2.59. The van der Waals surface area contributed by atoms with Crippen molar-refractivity contribution < 1.29 is 28.6 Å². The van der Waals surface area contributed by atoms with Crippen molar-refractivity contribution in [2.75, 3.05) is 19.6 Å². The highest BCUT2D eigenvalue weighted by atomic mass is 32.1. The van der Waals surface area contributed by atoms with Gasteiger partial charge < -0.3 is 30.7 Å². The molecule has 43 heavy (non-hydrogen) atoms. The number of carbonyl (C=O) groups excluding carboxylic acids is 3. The Morgan fingerprint density at radius 3 is 2.60 bits per heavy atom. The second kappa shape index (κ2) is 12.5. The summed E-state index contributed by atoms with van der Waals surface area (Å²) in [4.78, 5) is 46.5. The van der Waals surface area contributed by atoms with Crippen molar-refractivity contribution in [3.05, 3.63) is 35.0 Å². The summed E-state index contributed by atoms with van der Waals surface area (Å²) in [5.74, 6) is -1.04. The quantitative estimate of drug-likeness (QED) is 0.341. The number of β-amino-alcohol motifs (C(OH)–C–C–N with tert-alkyl or cyclic N) is 1. The molecule has 12 heteroatoms. The highest BCUT2D eigenvalue weighted by molar-refractivity contribution is 7.13. The van der Waals surface area contributed by atoms with Crippen molar-refractivity contribution >= 4 is 29.1 Å². The van der Waals surface area contributed by atoms with Crippen LogP contribution < -0.4 is 20.7 Å². The van der Waals surface area contributed by atoms with E-state index in [0.29, 0.717) is 5.75 Å². The van der Waals surface area contributed by atoms with E-state index in [4.69, 9.17) is 4.74 Å². The van der Waals surface area contributed by atoms with E-state index in [9.17, 15) is 23.9 Å². The van der Waals surface area contributed by atoms with Gasteiger partial charge in [0.15, 0.2) is 5.67 Å². The number of carbonyl (C=O) groups is 3. The van der Waals surface area contributed by atoms with Crippen molar-refractivity contribution in [3.63, 3.8) is 0 Å². The second-order valence-corrected chi connectivity index (χ2v) is 13.9. The summed E-state index contributed by atoms with van der Waals surface area (Å²) in [6, 6.07) is 3.93. The summed E-state index contributed by atoms with van der Waals surface area (Å²) >= 11 is 1.56. The van der Waals surface area contributed by atoms with Gasteiger partial charge in [0.05, 0.1) is 22.2 Å². The lowest BCUT2D eigenvalue weighted by Gasteiger charge is -2.35. The van der Waals surface area contributed by atoms with E-state index in [0.717, 1.165) is 47.6 Å². The molecular formula is C31H42FN5O5S. The number of amides is 3. The zero-order valence-corrected chi connectivity index (χ0v) is 26.1. The molecule has 2 aliphatic heterocycles. The van der Waals surface area contributed by atoms with Crippen LogP contribution in [0.4, 0.5) is 4.39 Å². The number of rotatable bonds is 9. The van der Waals surface area contributed by atoms with Gasteiger partial charge in [0.1, 0.15) is 23.9 Å². The minimum atomic E-state index is -1.94. The molecule has 10 nitrogen and oxygen atoms in total. The molecule has 3 amide bonds. The Hall–Kier alpha value is -3.09. The minimum Gasteiger partial charge on any atom is -0.490 e. The maximum absolute atomic E-state index is 14.5. The van der Waals surface area contributed by atoms with Crippen molar-refractivity contribution in [1.29, 1.82) is 0 Å². The molecule has 0 radical (unpaired) electrons. The van der Waals surface area contributed by atoms with Gasteiger partial charge in [0.25, 0.3) is 5.91 Å². The number of aryl methyl sites for hydroxylation is 1. The van der Waals surface area contributed by atoms with Crippen LogP contribution in [0, 0.1) is 12.3 Å². The van der Waals surface area contributed by atoms with Gasteiger partial charge in [-0.05, 0) is 62.7 Å². The summed E-state index contributed by atoms with van der Waals surface area (Å²) in [5.41, 5.74) is 1.86. The molecule has 1 aromatic carbocycles. The fourth-order valence-corrected chi connectivity index (χ4v) is 6.44. The second-order valence-electron chi connectivity index (χ2n) is 13.0. The maximum Gasteiger partial charge on any atom is 0.258 e. The van der Waals surface area contributed by atoms with Crippen LogP contribution in [0.15, 0.2) is 23.7 Å². The van der Waals surface area contributed by atoms with E-state index < -0.39 is 47.0 Å². The number of nitrogens with one attached hydrogen (secondary N) is 3. The summed E-state index contributed by atoms with van der Waals surface area (Å²) in [7, 11) is 0. The van der Waals surface area contributed by atoms with E-state index in [1.165, 1.54) is 4.90 Å². The number of likely N-dealkylation sites (tertiary alicyclic amines) is 1. The first-order chi connectivity index (χ1) is 20.4. The van der Waals surface area contributed by atoms with Gasteiger partial charge in [0.2, 0.25) is 11.8 Å². The number of hydrogen-bond acceptors (Lipinski definition) is 8. The van der Waals surface area contributed by atoms with E-state index in [2.05, 4.69) is 20.9 Å². The molecule has 3 atom stereocenters. The lowest BCUT2D eigenvalue weighted by molar-refractivity contribution is -0.145. The number of ether oxygens (including phenoxy) is 1. The van der Waals surface area contributed by atoms with Gasteiger partial charge in [-0.3, -0.25) is 14.4 Å². The number of nitrogens with zero attached hydrogens (tertiary/aromatic N) is 2. The topological polar surface area (TPSA) is 133 Å². The van der Waals surface area contributed by atoms with Crippen LogP contribution in [0.3, 0.4) is 0 Å². The zero-order chi connectivity index (χ0) is 30.9. The number of alkyl halides is 1. The number of halogens is 1. The first-order valence-corrected chi connectivity index (χ1v) is 15.9. The molecule has 2 aromatic rings. The number of aromatic nitrogens is 1. The van der Waals surface area contributed by atoms with E-state index in [-0.39, 0.29) is 38.5 Å². The van der Waals surface area contributed by atoms with Gasteiger partial charge in [-0.25, -0.2) is 9.37 Å². The third kappa shape index (κ3) is 7.18. The molecule has 0 bridgehead atoms. The van der Waals surface area contributed by atoms with Gasteiger partial charge in [0, 0.05) is 25.1 Å². The van der Waals surface area contributed by atoms with Gasteiger partial charge in [-0.2, -0.15) is 0 Å². The Morgan fingerprint density at radius 1 is 1.26 bits per heavy atom. The third-order valence-electron chi connectivity index (χ3n) is 8.46. The predicted octanol–water partition coefficient (Wildman–Crippen LogP) is 2.86. The minimum absolute atomic E-state index is 0.0485. The number of aliphatic hydroxyl groups is 1. The van der Waals surface area contributed by atoms with Crippen LogP contribution in [0.2, 0.25) is 0 Å². The Labute approximate surface area is 255 Å². The Kier molecular flexibility index (Phi) is 9.10. The standard InChI is InChI=1S/C31H42FN5O5S/c1-18-25(43-17-35-18)19-5-6-20(24(13-19)42-22-7-11-33-12-8-22)15-34-27(39)23-14-21(38)16-37(23)28(40)26(30(2,3)4)36-29(41)31(32)9-10-31/h5-6,13,17,21-23,26,33,38H,7-12,14-16H2,1-4H3,(H,34,39)(H,36,41)/t21-,23+,26-/m1/s1. The molecule has 234 valence electrons. The van der Waals surface area contributed by atoms with E-state index >= 15 is 0 Å². The normalized spacial score (nSPS) is 22.6. The van der Waals surface area contributed by atoms with E-state index in [1.807, 2.05) is 30.6 Å². The molecular weight excluding hydrogens is 573 g/mol. The molecule has 1 saturated carbocycles. The highest BCUT2D eigenvalue weighted by Crippen LogP contribution is 2.40. The van der Waals surface area contributed by atoms with Crippen molar-refractivity contribution in [3.8, 4) is 16.2 Å². The van der Waals surface area contributed by atoms with Crippen LogP contribution in [-0.4, -0.2) is 82.3 Å². The molecule has 1 aliphatic carbocycles. The van der Waals surface area contributed by atoms with Crippen molar-refractivity contribution in [1.82, 2.24) is 25.8 Å². The molecule has 3 fully saturated rings. The molecule has 3 heterocycles. The molecule has 0 spiro atoms. The van der Waals surface area contributed by atoms with Crippen LogP contribution >= 0.6 is 11.3 Å². The molecule has 2 saturated heterocycles. The number of benzene rings is 1. The SMILES string of the molecule is Cc1ncsc1-c1ccc(CNC(=O)[C@@H]2C[C@@H](O)CN2C(=O)[C@@H](NC(=O)C2(F)CC2)C(C)(C)C)c(OC2CCNCC2)c1. The first kappa shape index (κ1) is 31.3. The number of piperidine rings is 1. The Bertz CT molecular complexity index is 1350. The number of thiazole rings is 1. The van der Waals surface area contributed by atoms with Crippen LogP contribution in [0.1, 0.15) is 64.1 Å². The average molecular weight is 616 g/mol. The Morgan fingerprint density at radius 2 is 1.98 bits per heavy atom. The molecule has 5 rings (SSSR count). The summed E-state index contributed by atoms with van der Waals surface area (Å²) in [6.07, 6.45) is 1.24. The average Bonchev–Trinajstić information content (AvgIpc) is 3.38. The van der Waals surface area contributed by atoms with Crippen LogP contribution in [0.5, 0.6) is 5.75 Å². The molecule has 1 aromatic heterocycles. The largest absolute Gasteiger partial charge is 0.490 e. The number of hydrogen-bond donors (Lipinski definition) is 4. The summed E-state index contributed by atoms with van der Waals surface area (Å²) in [6.45, 7) is 9.16. The van der Waals surface area contributed by atoms with Crippen LogP contribution in [-0.2, 0) is 20.9 Å². The van der Waals surface area contributed by atoms with Crippen LogP contribution in [0.25, 0.3) is 10.4 Å². The molecule has 3 aliphatic rings. The molecule has 4 N–H and O–H groups in total.